The maximum atomic E-state index is 15.2. The molecule has 1 saturated heterocycles. The van der Waals surface area contributed by atoms with Crippen LogP contribution in [0.15, 0.2) is 276 Å². The van der Waals surface area contributed by atoms with Crippen molar-refractivity contribution >= 4 is 63.5 Å². The van der Waals surface area contributed by atoms with E-state index in [0.29, 0.717) is 16.4 Å². The molecule has 0 unspecified atom stereocenters. The molecule has 12 nitrogen and oxygen atoms in total. The second kappa shape index (κ2) is 23.8. The summed E-state index contributed by atoms with van der Waals surface area (Å²) in [5.41, 5.74) is 11.9. The summed E-state index contributed by atoms with van der Waals surface area (Å²) in [6, 6.07) is 77.9. The summed E-state index contributed by atoms with van der Waals surface area (Å²) in [5.74, 6) is -1.16. The van der Waals surface area contributed by atoms with Crippen LogP contribution in [-0.2, 0) is 40.9 Å². The maximum absolute atomic E-state index is 15.2. The number of nitrogens with zero attached hydrogens (tertiary/aromatic N) is 5. The second-order valence-corrected chi connectivity index (χ2v) is 22.6. The number of ether oxygens (including phenoxy) is 1. The molecule has 2 amide bonds. The quantitative estimate of drug-likeness (QED) is 0.0263. The minimum absolute atomic E-state index is 0.114. The Kier molecular flexibility index (Phi) is 15.5. The molecule has 82 heavy (non-hydrogen) atoms. The molecular formula is C67H53N7O5S3. The minimum Gasteiger partial charge on any atom is -0.448 e. The van der Waals surface area contributed by atoms with Crippen molar-refractivity contribution in [3.63, 3.8) is 0 Å². The van der Waals surface area contributed by atoms with E-state index in [4.69, 9.17) is 20.4 Å². The van der Waals surface area contributed by atoms with Crippen LogP contribution in [0.1, 0.15) is 61.9 Å². The summed E-state index contributed by atoms with van der Waals surface area (Å²) >= 11 is 4.04. The lowest BCUT2D eigenvalue weighted by atomic mass is 9.77. The molecule has 0 spiro atoms. The number of amides is 2. The normalized spacial score (nSPS) is 15.4. The van der Waals surface area contributed by atoms with Crippen molar-refractivity contribution in [3.05, 3.63) is 327 Å². The van der Waals surface area contributed by atoms with E-state index in [1.165, 1.54) is 28.4 Å². The summed E-state index contributed by atoms with van der Waals surface area (Å²) < 4.78 is 8.57. The number of anilines is 1. The number of rotatable bonds is 19. The summed E-state index contributed by atoms with van der Waals surface area (Å²) in [7, 11) is 0. The summed E-state index contributed by atoms with van der Waals surface area (Å²) in [6.45, 7) is 0. The van der Waals surface area contributed by atoms with Crippen LogP contribution in [0.25, 0.3) is 0 Å². The van der Waals surface area contributed by atoms with Gasteiger partial charge in [-0.1, -0.05) is 248 Å². The molecule has 15 heteroatoms. The molecule has 2 atom stereocenters. The standard InChI is InChI=1S/C67H53N7O5S3/c68-65-70-55(44-82-65)57(72-79-67(52-35-19-6-20-36-52,53-37-21-7-22-38-53)54-39-23-8-24-40-54)61(75)71-58-62(76)74-59(64(77)78-60(47-25-9-1-10-26-47)48-27-11-2-12-28-48)56(45-81-63(58)74)80-43-46-41-69-73(42-46)66(49-29-13-3-14-30-49,50-31-15-4-16-32-50)51-33-17-5-18-34-51/h1-42,44,58,60,63H,43,45H2,(H2,68,70)(H,71,75)/b72-57+/t58-,63-/m1/s1. The van der Waals surface area contributed by atoms with E-state index in [-0.39, 0.29) is 22.2 Å². The molecule has 2 aromatic heterocycles. The number of nitrogen functional groups attached to an aromatic ring is 1. The molecule has 1 fully saturated rings. The largest absolute Gasteiger partial charge is 0.448 e. The van der Waals surface area contributed by atoms with Crippen LogP contribution in [0.2, 0.25) is 0 Å². The van der Waals surface area contributed by atoms with Crippen LogP contribution >= 0.6 is 34.9 Å². The molecule has 2 aliphatic heterocycles. The fraction of sp³-hybridized carbons (Fsp3) is 0.104. The third-order valence-electron chi connectivity index (χ3n) is 14.6. The van der Waals surface area contributed by atoms with Crippen LogP contribution in [0.5, 0.6) is 0 Å². The van der Waals surface area contributed by atoms with Crippen molar-refractivity contribution in [2.24, 2.45) is 5.16 Å². The lowest BCUT2D eigenvalue weighted by molar-refractivity contribution is -0.154. The number of β-lactam (4-membered cyclic amide) rings is 1. The first-order valence-electron chi connectivity index (χ1n) is 26.6. The highest BCUT2D eigenvalue weighted by Gasteiger charge is 2.55. The zero-order chi connectivity index (χ0) is 55.9. The number of thiazole rings is 1. The van der Waals surface area contributed by atoms with Crippen LogP contribution < -0.4 is 11.1 Å². The van der Waals surface area contributed by atoms with E-state index in [1.54, 1.807) is 5.38 Å². The first-order valence-corrected chi connectivity index (χ1v) is 29.5. The molecule has 4 heterocycles. The Morgan fingerprint density at radius 2 is 1.11 bits per heavy atom. The highest BCUT2D eigenvalue weighted by Crippen LogP contribution is 2.47. The molecule has 2 aliphatic rings. The van der Waals surface area contributed by atoms with E-state index in [9.17, 15) is 9.59 Å². The number of esters is 1. The SMILES string of the molecule is Nc1nc(/C(=N\OC(c2ccccc2)(c2ccccc2)c2ccccc2)C(=O)N[C@@H]2C(=O)N3C(C(=O)OC(c4ccccc4)c4ccccc4)=C(SCc4cnn(C(c5ccccc5)(c5ccccc5)c5ccccc5)c4)CS[C@H]23)cs1. The Hall–Kier alpha value is -9.28. The number of hydrogen-bond donors (Lipinski definition) is 2. The van der Waals surface area contributed by atoms with Crippen molar-refractivity contribution in [3.8, 4) is 0 Å². The number of nitrogens with one attached hydrogen (secondary N) is 1. The zero-order valence-electron chi connectivity index (χ0n) is 44.1. The number of benzene rings is 8. The molecule has 0 radical (unpaired) electrons. The smallest absolute Gasteiger partial charge is 0.356 e. The number of aromatic nitrogens is 3. The van der Waals surface area contributed by atoms with Gasteiger partial charge in [-0.25, -0.2) is 9.78 Å². The van der Waals surface area contributed by atoms with E-state index in [0.717, 1.165) is 61.4 Å². The Balaban J connectivity index is 0.886. The third-order valence-corrected chi connectivity index (χ3v) is 17.9. The summed E-state index contributed by atoms with van der Waals surface area (Å²) in [5, 5.41) is 13.9. The molecular weight excluding hydrogens is 1080 g/mol. The van der Waals surface area contributed by atoms with Gasteiger partial charge >= 0.3 is 5.97 Å². The van der Waals surface area contributed by atoms with E-state index in [2.05, 4.69) is 58.1 Å². The van der Waals surface area contributed by atoms with Gasteiger partial charge in [-0.05, 0) is 27.8 Å². The monoisotopic (exact) mass is 1130 g/mol. The fourth-order valence-electron chi connectivity index (χ4n) is 10.8. The van der Waals surface area contributed by atoms with Crippen molar-refractivity contribution in [2.45, 2.75) is 34.4 Å². The van der Waals surface area contributed by atoms with Gasteiger partial charge in [0.05, 0.1) is 6.20 Å². The Morgan fingerprint density at radius 1 is 0.659 bits per heavy atom. The Morgan fingerprint density at radius 3 is 1.56 bits per heavy atom. The molecule has 0 bridgehead atoms. The summed E-state index contributed by atoms with van der Waals surface area (Å²) in [4.78, 5) is 58.5. The lowest BCUT2D eigenvalue weighted by Crippen LogP contribution is -2.71. The zero-order valence-corrected chi connectivity index (χ0v) is 46.5. The van der Waals surface area contributed by atoms with E-state index in [1.807, 2.05) is 217 Å². The molecule has 3 N–H and O–H groups in total. The van der Waals surface area contributed by atoms with Gasteiger partial charge in [-0.3, -0.25) is 19.2 Å². The highest BCUT2D eigenvalue weighted by atomic mass is 32.2. The van der Waals surface area contributed by atoms with Crippen LogP contribution in [0.3, 0.4) is 0 Å². The van der Waals surface area contributed by atoms with Crippen molar-refractivity contribution in [1.82, 2.24) is 25.0 Å². The van der Waals surface area contributed by atoms with E-state index < -0.39 is 46.4 Å². The van der Waals surface area contributed by atoms with Crippen molar-refractivity contribution in [2.75, 3.05) is 11.5 Å². The van der Waals surface area contributed by atoms with Gasteiger partial charge in [0.1, 0.15) is 28.3 Å². The van der Waals surface area contributed by atoms with Gasteiger partial charge in [0.25, 0.3) is 11.8 Å². The first kappa shape index (κ1) is 53.4. The maximum Gasteiger partial charge on any atom is 0.356 e. The molecule has 12 rings (SSSR count). The number of thioether (sulfide) groups is 2. The lowest BCUT2D eigenvalue weighted by Gasteiger charge is -2.49. The van der Waals surface area contributed by atoms with Gasteiger partial charge in [0.2, 0.25) is 5.60 Å². The van der Waals surface area contributed by atoms with Crippen LogP contribution in [0.4, 0.5) is 5.13 Å². The van der Waals surface area contributed by atoms with Crippen LogP contribution in [-0.4, -0.2) is 60.3 Å². The van der Waals surface area contributed by atoms with Gasteiger partial charge in [0, 0.05) is 50.2 Å². The predicted molar refractivity (Wildman–Crippen MR) is 324 cm³/mol. The topological polar surface area (TPSA) is 154 Å². The number of nitrogens with two attached hydrogens (primary N) is 1. The summed E-state index contributed by atoms with van der Waals surface area (Å²) in [6.07, 6.45) is 3.12. The number of carbonyl (C=O) groups is 3. The Bertz CT molecular complexity index is 3660. The first-order chi connectivity index (χ1) is 40.3. The van der Waals surface area contributed by atoms with Crippen molar-refractivity contribution < 1.29 is 24.0 Å². The average Bonchev–Trinajstić information content (AvgIpc) is 3.81. The number of hydrogen-bond acceptors (Lipinski definition) is 12. The second-order valence-electron chi connectivity index (χ2n) is 19.5. The Labute approximate surface area is 487 Å². The molecule has 8 aromatic carbocycles. The predicted octanol–water partition coefficient (Wildman–Crippen LogP) is 12.4. The number of fused-ring (bicyclic) bond motifs is 1. The molecule has 404 valence electrons. The molecule has 0 aliphatic carbocycles. The van der Waals surface area contributed by atoms with Crippen LogP contribution in [0, 0.1) is 0 Å². The average molecular weight is 1130 g/mol. The number of carbonyl (C=O) groups excluding carboxylic acids is 3. The van der Waals surface area contributed by atoms with Crippen molar-refractivity contribution in [1.29, 1.82) is 0 Å². The third kappa shape index (κ3) is 10.3. The minimum atomic E-state index is -1.34. The molecule has 0 saturated carbocycles. The fourth-order valence-corrected chi connectivity index (χ4v) is 13.9. The number of oxime groups is 1. The van der Waals surface area contributed by atoms with Gasteiger partial charge in [0.15, 0.2) is 16.9 Å². The highest BCUT2D eigenvalue weighted by molar-refractivity contribution is 8.05. The van der Waals surface area contributed by atoms with E-state index >= 15 is 4.79 Å². The molecule has 10 aromatic rings. The van der Waals surface area contributed by atoms with Gasteiger partial charge < -0.3 is 20.6 Å². The van der Waals surface area contributed by atoms with Gasteiger partial charge in [-0.2, -0.15) is 5.10 Å². The van der Waals surface area contributed by atoms with Gasteiger partial charge in [-0.15, -0.1) is 34.9 Å².